The summed E-state index contributed by atoms with van der Waals surface area (Å²) in [6.45, 7) is 9.15. The predicted molar refractivity (Wildman–Crippen MR) is 72.4 cm³/mol. The minimum atomic E-state index is -0.182. The topological polar surface area (TPSA) is 21.3 Å². The minimum absolute atomic E-state index is 0.122. The summed E-state index contributed by atoms with van der Waals surface area (Å²) in [5.41, 5.74) is 2.09. The van der Waals surface area contributed by atoms with E-state index in [0.717, 1.165) is 24.3 Å². The van der Waals surface area contributed by atoms with Gasteiger partial charge in [0.25, 0.3) is 0 Å². The lowest BCUT2D eigenvalue weighted by molar-refractivity contribution is -0.0976. The molecular formula is C15H22FNO. The fourth-order valence-corrected chi connectivity index (χ4v) is 2.59. The SMILES string of the molecule is CCOC1CC(Nc2ccc(F)cc2C)C1(C)C. The van der Waals surface area contributed by atoms with Gasteiger partial charge in [-0.15, -0.1) is 0 Å². The Balaban J connectivity index is 2.03. The highest BCUT2D eigenvalue weighted by Gasteiger charge is 2.48. The van der Waals surface area contributed by atoms with Crippen LogP contribution >= 0.6 is 0 Å². The third-order valence-corrected chi connectivity index (χ3v) is 4.06. The molecule has 0 saturated heterocycles. The van der Waals surface area contributed by atoms with Gasteiger partial charge in [-0.3, -0.25) is 0 Å². The highest BCUT2D eigenvalue weighted by Crippen LogP contribution is 2.44. The Kier molecular flexibility index (Phi) is 3.62. The van der Waals surface area contributed by atoms with Crippen molar-refractivity contribution in [3.63, 3.8) is 0 Å². The quantitative estimate of drug-likeness (QED) is 0.880. The van der Waals surface area contributed by atoms with Crippen molar-refractivity contribution in [2.24, 2.45) is 5.41 Å². The molecule has 0 bridgehead atoms. The van der Waals surface area contributed by atoms with E-state index in [1.165, 1.54) is 6.07 Å². The first kappa shape index (κ1) is 13.3. The van der Waals surface area contributed by atoms with Crippen LogP contribution in [0.25, 0.3) is 0 Å². The fourth-order valence-electron chi connectivity index (χ4n) is 2.59. The van der Waals surface area contributed by atoms with Gasteiger partial charge in [0, 0.05) is 23.8 Å². The number of anilines is 1. The van der Waals surface area contributed by atoms with Gasteiger partial charge in [0.15, 0.2) is 0 Å². The van der Waals surface area contributed by atoms with Crippen LogP contribution in [0, 0.1) is 18.2 Å². The summed E-state index contributed by atoms with van der Waals surface area (Å²) in [6, 6.07) is 5.27. The molecule has 1 fully saturated rings. The maximum Gasteiger partial charge on any atom is 0.123 e. The number of aryl methyl sites for hydroxylation is 1. The Morgan fingerprint density at radius 2 is 2.17 bits per heavy atom. The Morgan fingerprint density at radius 1 is 1.44 bits per heavy atom. The van der Waals surface area contributed by atoms with Gasteiger partial charge in [-0.1, -0.05) is 13.8 Å². The van der Waals surface area contributed by atoms with Gasteiger partial charge in [-0.2, -0.15) is 0 Å². The number of rotatable bonds is 4. The molecule has 1 saturated carbocycles. The van der Waals surface area contributed by atoms with Crippen LogP contribution in [0.2, 0.25) is 0 Å². The largest absolute Gasteiger partial charge is 0.381 e. The van der Waals surface area contributed by atoms with Crippen molar-refractivity contribution in [1.29, 1.82) is 0 Å². The van der Waals surface area contributed by atoms with Crippen molar-refractivity contribution in [3.05, 3.63) is 29.6 Å². The van der Waals surface area contributed by atoms with Crippen molar-refractivity contribution >= 4 is 5.69 Å². The lowest BCUT2D eigenvalue weighted by atomic mass is 9.64. The molecule has 0 spiro atoms. The first-order valence-electron chi connectivity index (χ1n) is 6.59. The molecule has 100 valence electrons. The van der Waals surface area contributed by atoms with Crippen molar-refractivity contribution in [2.45, 2.75) is 46.3 Å². The number of hydrogen-bond donors (Lipinski definition) is 1. The van der Waals surface area contributed by atoms with Crippen molar-refractivity contribution < 1.29 is 9.13 Å². The van der Waals surface area contributed by atoms with Crippen LogP contribution in [0.5, 0.6) is 0 Å². The van der Waals surface area contributed by atoms with Crippen molar-refractivity contribution in [3.8, 4) is 0 Å². The standard InChI is InChI=1S/C15H22FNO/c1-5-18-14-9-13(15(14,3)4)17-12-7-6-11(16)8-10(12)2/h6-8,13-14,17H,5,9H2,1-4H3. The average molecular weight is 251 g/mol. The van der Waals surface area contributed by atoms with E-state index < -0.39 is 0 Å². The van der Waals surface area contributed by atoms with E-state index in [1.54, 1.807) is 6.07 Å². The number of benzene rings is 1. The summed E-state index contributed by atoms with van der Waals surface area (Å²) < 4.78 is 18.8. The van der Waals surface area contributed by atoms with Crippen LogP contribution < -0.4 is 5.32 Å². The molecular weight excluding hydrogens is 229 g/mol. The van der Waals surface area contributed by atoms with Gasteiger partial charge in [-0.05, 0) is 44.0 Å². The zero-order valence-electron chi connectivity index (χ0n) is 11.6. The summed E-state index contributed by atoms with van der Waals surface area (Å²) >= 11 is 0. The van der Waals surface area contributed by atoms with Gasteiger partial charge in [0.1, 0.15) is 5.82 Å². The Morgan fingerprint density at radius 3 is 2.72 bits per heavy atom. The van der Waals surface area contributed by atoms with Crippen LogP contribution in [0.3, 0.4) is 0 Å². The number of hydrogen-bond acceptors (Lipinski definition) is 2. The summed E-state index contributed by atoms with van der Waals surface area (Å²) in [5, 5.41) is 3.51. The molecule has 1 N–H and O–H groups in total. The lowest BCUT2D eigenvalue weighted by Gasteiger charge is -2.52. The number of ether oxygens (including phenoxy) is 1. The lowest BCUT2D eigenvalue weighted by Crippen LogP contribution is -2.58. The monoisotopic (exact) mass is 251 g/mol. The van der Waals surface area contributed by atoms with Crippen molar-refractivity contribution in [2.75, 3.05) is 11.9 Å². The summed E-state index contributed by atoms with van der Waals surface area (Å²) in [6.07, 6.45) is 1.33. The molecule has 0 aliphatic heterocycles. The molecule has 1 aromatic carbocycles. The molecule has 1 aliphatic rings. The molecule has 2 rings (SSSR count). The summed E-state index contributed by atoms with van der Waals surface area (Å²) in [7, 11) is 0. The van der Waals surface area contributed by atoms with Gasteiger partial charge in [0.05, 0.1) is 6.10 Å². The van der Waals surface area contributed by atoms with E-state index in [9.17, 15) is 4.39 Å². The third kappa shape index (κ3) is 2.37. The average Bonchev–Trinajstić information content (AvgIpc) is 2.30. The van der Waals surface area contributed by atoms with Crippen LogP contribution in [-0.4, -0.2) is 18.8 Å². The van der Waals surface area contributed by atoms with Crippen LogP contribution in [-0.2, 0) is 4.74 Å². The first-order chi connectivity index (χ1) is 8.45. The second-order valence-corrected chi connectivity index (χ2v) is 5.66. The fraction of sp³-hybridized carbons (Fsp3) is 0.600. The smallest absolute Gasteiger partial charge is 0.123 e. The van der Waals surface area contributed by atoms with Crippen molar-refractivity contribution in [1.82, 2.24) is 0 Å². The number of halogens is 1. The molecule has 18 heavy (non-hydrogen) atoms. The van der Waals surface area contributed by atoms with Crippen LogP contribution in [0.4, 0.5) is 10.1 Å². The van der Waals surface area contributed by atoms with E-state index in [1.807, 2.05) is 19.9 Å². The predicted octanol–water partition coefficient (Wildman–Crippen LogP) is 3.75. The molecule has 2 atom stereocenters. The van der Waals surface area contributed by atoms with Gasteiger partial charge < -0.3 is 10.1 Å². The second-order valence-electron chi connectivity index (χ2n) is 5.66. The molecule has 1 aromatic rings. The summed E-state index contributed by atoms with van der Waals surface area (Å²) in [5.74, 6) is -0.182. The van der Waals surface area contributed by atoms with Crippen LogP contribution in [0.1, 0.15) is 32.8 Å². The highest BCUT2D eigenvalue weighted by atomic mass is 19.1. The van der Waals surface area contributed by atoms with Gasteiger partial charge >= 0.3 is 0 Å². The van der Waals surface area contributed by atoms with Gasteiger partial charge in [0.2, 0.25) is 0 Å². The maximum atomic E-state index is 13.0. The van der Waals surface area contributed by atoms with Gasteiger partial charge in [-0.25, -0.2) is 4.39 Å². The molecule has 0 radical (unpaired) electrons. The zero-order chi connectivity index (χ0) is 13.3. The Bertz CT molecular complexity index is 431. The zero-order valence-corrected chi connectivity index (χ0v) is 11.6. The van der Waals surface area contributed by atoms with E-state index in [4.69, 9.17) is 4.74 Å². The Hall–Kier alpha value is -1.09. The molecule has 0 heterocycles. The normalized spacial score (nSPS) is 25.6. The Labute approximate surface area is 109 Å². The molecule has 3 heteroatoms. The second kappa shape index (κ2) is 4.88. The summed E-state index contributed by atoms with van der Waals surface area (Å²) in [4.78, 5) is 0. The minimum Gasteiger partial charge on any atom is -0.381 e. The van der Waals surface area contributed by atoms with E-state index in [-0.39, 0.29) is 11.2 Å². The van der Waals surface area contributed by atoms with E-state index >= 15 is 0 Å². The number of nitrogens with one attached hydrogen (secondary N) is 1. The maximum absolute atomic E-state index is 13.0. The molecule has 0 amide bonds. The molecule has 2 unspecified atom stereocenters. The van der Waals surface area contributed by atoms with E-state index in [2.05, 4.69) is 19.2 Å². The first-order valence-corrected chi connectivity index (χ1v) is 6.59. The molecule has 0 aromatic heterocycles. The van der Waals surface area contributed by atoms with E-state index in [0.29, 0.717) is 12.1 Å². The van der Waals surface area contributed by atoms with Crippen LogP contribution in [0.15, 0.2) is 18.2 Å². The third-order valence-electron chi connectivity index (χ3n) is 4.06. The highest BCUT2D eigenvalue weighted by molar-refractivity contribution is 5.52. The molecule has 2 nitrogen and oxygen atoms in total. The molecule has 1 aliphatic carbocycles.